The van der Waals surface area contributed by atoms with Crippen LogP contribution in [-0.4, -0.2) is 67.9 Å². The van der Waals surface area contributed by atoms with Gasteiger partial charge < -0.3 is 15.3 Å². The Kier molecular flexibility index (Phi) is 6.08. The standard InChI is InChI=1S/C26H29N7O2/c1-17(2)32-8-10-33(11-9-32)24-14-19(6-7-27-24)25(34)29-23-13-20-12-18(21-15-28-31(3)16-21)4-5-22(20)26(35)30-23/h4-7,12-17H,8-11H2,1-3H3,(H2,29,30,34,35). The van der Waals surface area contributed by atoms with Crippen molar-refractivity contribution in [3.63, 3.8) is 0 Å². The minimum Gasteiger partial charge on any atom is -0.493 e. The highest BCUT2D eigenvalue weighted by Gasteiger charge is 2.20. The van der Waals surface area contributed by atoms with Crippen molar-refractivity contribution in [2.45, 2.75) is 19.9 Å². The minimum absolute atomic E-state index is 0.131. The van der Waals surface area contributed by atoms with E-state index < -0.39 is 0 Å². The van der Waals surface area contributed by atoms with E-state index in [1.807, 2.05) is 37.5 Å². The fourth-order valence-electron chi connectivity index (χ4n) is 4.44. The van der Waals surface area contributed by atoms with Crippen molar-refractivity contribution in [2.24, 2.45) is 7.05 Å². The number of carbonyl (C=O) groups is 1. The Bertz CT molecular complexity index is 1370. The second kappa shape index (κ2) is 9.34. The van der Waals surface area contributed by atoms with Gasteiger partial charge in [-0.1, -0.05) is 6.07 Å². The molecule has 4 heterocycles. The number of rotatable bonds is 5. The summed E-state index contributed by atoms with van der Waals surface area (Å²) < 4.78 is 1.74. The maximum Gasteiger partial charge on any atom is 0.257 e. The number of carbonyl (C=O) groups excluding carboxylic acids is 1. The summed E-state index contributed by atoms with van der Waals surface area (Å²) >= 11 is 0. The van der Waals surface area contributed by atoms with Crippen molar-refractivity contribution >= 4 is 28.3 Å². The molecule has 1 aliphatic rings. The van der Waals surface area contributed by atoms with Gasteiger partial charge in [0.05, 0.1) is 6.20 Å². The van der Waals surface area contributed by atoms with Gasteiger partial charge in [0.25, 0.3) is 5.91 Å². The fourth-order valence-corrected chi connectivity index (χ4v) is 4.44. The summed E-state index contributed by atoms with van der Waals surface area (Å²) in [6.07, 6.45) is 5.37. The molecule has 1 aromatic carbocycles. The molecule has 1 amide bonds. The van der Waals surface area contributed by atoms with Crippen LogP contribution in [0.4, 0.5) is 11.6 Å². The van der Waals surface area contributed by atoms with Crippen LogP contribution in [0.15, 0.2) is 55.0 Å². The first-order valence-corrected chi connectivity index (χ1v) is 11.8. The number of pyridine rings is 2. The number of hydrogen-bond donors (Lipinski definition) is 2. The molecule has 4 aromatic rings. The summed E-state index contributed by atoms with van der Waals surface area (Å²) in [5.41, 5.74) is 2.42. The van der Waals surface area contributed by atoms with Crippen molar-refractivity contribution in [3.8, 4) is 17.0 Å². The number of amides is 1. The lowest BCUT2D eigenvalue weighted by Crippen LogP contribution is -2.49. The average Bonchev–Trinajstić information content (AvgIpc) is 3.30. The van der Waals surface area contributed by atoms with Gasteiger partial charge in [0, 0.05) is 68.2 Å². The molecule has 0 saturated carbocycles. The lowest BCUT2D eigenvalue weighted by Gasteiger charge is -2.37. The quantitative estimate of drug-likeness (QED) is 0.459. The van der Waals surface area contributed by atoms with E-state index in [1.54, 1.807) is 29.2 Å². The van der Waals surface area contributed by atoms with Crippen LogP contribution in [0.2, 0.25) is 0 Å². The molecule has 0 radical (unpaired) electrons. The average molecular weight is 472 g/mol. The van der Waals surface area contributed by atoms with Gasteiger partial charge in [-0.05, 0) is 55.1 Å². The summed E-state index contributed by atoms with van der Waals surface area (Å²) in [7, 11) is 1.87. The first-order chi connectivity index (χ1) is 16.9. The number of hydrogen-bond acceptors (Lipinski definition) is 7. The molecule has 0 atom stereocenters. The zero-order valence-corrected chi connectivity index (χ0v) is 20.1. The number of aryl methyl sites for hydroxylation is 1. The van der Waals surface area contributed by atoms with E-state index in [4.69, 9.17) is 0 Å². The molecule has 5 rings (SSSR count). The number of fused-ring (bicyclic) bond motifs is 1. The number of anilines is 2. The van der Waals surface area contributed by atoms with Crippen molar-refractivity contribution in [1.82, 2.24) is 24.6 Å². The number of nitrogens with zero attached hydrogens (tertiary/aromatic N) is 6. The van der Waals surface area contributed by atoms with E-state index in [0.29, 0.717) is 17.0 Å². The maximum atomic E-state index is 13.0. The normalized spacial score (nSPS) is 14.6. The molecule has 3 aromatic heterocycles. The third-order valence-electron chi connectivity index (χ3n) is 6.47. The van der Waals surface area contributed by atoms with Crippen LogP contribution in [0.25, 0.3) is 21.9 Å². The molecule has 35 heavy (non-hydrogen) atoms. The smallest absolute Gasteiger partial charge is 0.257 e. The van der Waals surface area contributed by atoms with E-state index in [9.17, 15) is 9.90 Å². The topological polar surface area (TPSA) is 99.4 Å². The molecule has 180 valence electrons. The first kappa shape index (κ1) is 22.8. The molecular weight excluding hydrogens is 442 g/mol. The van der Waals surface area contributed by atoms with Crippen LogP contribution >= 0.6 is 0 Å². The number of aromatic nitrogens is 4. The van der Waals surface area contributed by atoms with Gasteiger partial charge in [-0.2, -0.15) is 10.1 Å². The zero-order valence-electron chi connectivity index (χ0n) is 20.1. The minimum atomic E-state index is -0.302. The Balaban J connectivity index is 1.35. The maximum absolute atomic E-state index is 13.0. The highest BCUT2D eigenvalue weighted by molar-refractivity contribution is 6.05. The number of aromatic hydroxyl groups is 1. The molecular formula is C26H29N7O2. The molecule has 9 heteroatoms. The number of benzene rings is 1. The van der Waals surface area contributed by atoms with Crippen molar-refractivity contribution in [1.29, 1.82) is 0 Å². The lowest BCUT2D eigenvalue weighted by atomic mass is 10.0. The van der Waals surface area contributed by atoms with Gasteiger partial charge in [-0.15, -0.1) is 0 Å². The monoisotopic (exact) mass is 471 g/mol. The van der Waals surface area contributed by atoms with E-state index in [-0.39, 0.29) is 17.6 Å². The SMILES string of the molecule is CC(C)N1CCN(c2cc(C(=O)Nc3cc4cc(-c5cnn(C)c5)ccc4c(O)n3)ccn2)CC1. The second-order valence-electron chi connectivity index (χ2n) is 9.14. The fraction of sp³-hybridized carbons (Fsp3) is 0.308. The van der Waals surface area contributed by atoms with Crippen molar-refractivity contribution in [2.75, 3.05) is 36.4 Å². The Morgan fingerprint density at radius 3 is 2.57 bits per heavy atom. The molecule has 2 N–H and O–H groups in total. The van der Waals surface area contributed by atoms with E-state index in [0.717, 1.165) is 48.5 Å². The predicted molar refractivity (Wildman–Crippen MR) is 137 cm³/mol. The second-order valence-corrected chi connectivity index (χ2v) is 9.14. The summed E-state index contributed by atoms with van der Waals surface area (Å²) in [6, 6.07) is 11.5. The zero-order chi connectivity index (χ0) is 24.5. The largest absolute Gasteiger partial charge is 0.493 e. The van der Waals surface area contributed by atoms with Crippen LogP contribution in [0.5, 0.6) is 5.88 Å². The lowest BCUT2D eigenvalue weighted by molar-refractivity contribution is 0.102. The molecule has 0 aliphatic carbocycles. The third-order valence-corrected chi connectivity index (χ3v) is 6.47. The summed E-state index contributed by atoms with van der Waals surface area (Å²) in [6.45, 7) is 8.09. The predicted octanol–water partition coefficient (Wildman–Crippen LogP) is 3.52. The van der Waals surface area contributed by atoms with Crippen LogP contribution in [-0.2, 0) is 7.05 Å². The molecule has 0 spiro atoms. The Labute approximate surface area is 204 Å². The van der Waals surface area contributed by atoms with Crippen LogP contribution < -0.4 is 10.2 Å². The molecule has 1 saturated heterocycles. The van der Waals surface area contributed by atoms with Gasteiger partial charge in [-0.25, -0.2) is 4.98 Å². The molecule has 1 fully saturated rings. The first-order valence-electron chi connectivity index (χ1n) is 11.8. The Morgan fingerprint density at radius 1 is 1.06 bits per heavy atom. The molecule has 0 bridgehead atoms. The Morgan fingerprint density at radius 2 is 1.86 bits per heavy atom. The summed E-state index contributed by atoms with van der Waals surface area (Å²) in [4.78, 5) is 26.3. The van der Waals surface area contributed by atoms with E-state index in [1.165, 1.54) is 0 Å². The van der Waals surface area contributed by atoms with Crippen LogP contribution in [0, 0.1) is 0 Å². The third kappa shape index (κ3) is 4.81. The highest BCUT2D eigenvalue weighted by Crippen LogP contribution is 2.30. The summed E-state index contributed by atoms with van der Waals surface area (Å²) in [5.74, 6) is 0.641. The molecule has 9 nitrogen and oxygen atoms in total. The van der Waals surface area contributed by atoms with E-state index >= 15 is 0 Å². The van der Waals surface area contributed by atoms with Gasteiger partial charge in [0.1, 0.15) is 11.6 Å². The highest BCUT2D eigenvalue weighted by atomic mass is 16.3. The number of nitrogens with one attached hydrogen (secondary N) is 1. The van der Waals surface area contributed by atoms with Crippen molar-refractivity contribution < 1.29 is 9.90 Å². The van der Waals surface area contributed by atoms with Gasteiger partial charge in [0.2, 0.25) is 5.88 Å². The van der Waals surface area contributed by atoms with E-state index in [2.05, 4.69) is 44.0 Å². The Hall–Kier alpha value is -3.98. The van der Waals surface area contributed by atoms with Crippen LogP contribution in [0.3, 0.4) is 0 Å². The molecule has 0 unspecified atom stereocenters. The van der Waals surface area contributed by atoms with Gasteiger partial charge in [-0.3, -0.25) is 14.4 Å². The van der Waals surface area contributed by atoms with Crippen molar-refractivity contribution in [3.05, 3.63) is 60.6 Å². The van der Waals surface area contributed by atoms with Gasteiger partial charge >= 0.3 is 0 Å². The van der Waals surface area contributed by atoms with Gasteiger partial charge in [0.15, 0.2) is 0 Å². The summed E-state index contributed by atoms with van der Waals surface area (Å²) in [5, 5.41) is 18.9. The molecule has 1 aliphatic heterocycles. The number of piperazine rings is 1. The van der Waals surface area contributed by atoms with Crippen LogP contribution in [0.1, 0.15) is 24.2 Å².